The topological polar surface area (TPSA) is 81.4 Å². The van der Waals surface area contributed by atoms with Crippen molar-refractivity contribution in [2.24, 2.45) is 28.9 Å². The molecule has 140 valence electrons. The summed E-state index contributed by atoms with van der Waals surface area (Å²) >= 11 is 0. The molecule has 2 amide bonds. The molecule has 0 unspecified atom stereocenters. The van der Waals surface area contributed by atoms with Gasteiger partial charge in [0.25, 0.3) is 11.8 Å². The summed E-state index contributed by atoms with van der Waals surface area (Å²) < 4.78 is 5.57. The molecule has 5 nitrogen and oxygen atoms in total. The van der Waals surface area contributed by atoms with E-state index < -0.39 is 5.91 Å². The van der Waals surface area contributed by atoms with Crippen LogP contribution in [-0.4, -0.2) is 24.5 Å². The Morgan fingerprint density at radius 1 is 1.15 bits per heavy atom. The van der Waals surface area contributed by atoms with E-state index in [0.717, 1.165) is 17.8 Å². The molecule has 5 rings (SSSR count). The average molecular weight is 356 g/mol. The number of carbonyl (C=O) groups is 2. The Bertz CT molecular complexity index is 680. The predicted octanol–water partition coefficient (Wildman–Crippen LogP) is 2.89. The number of para-hydroxylation sites is 1. The van der Waals surface area contributed by atoms with Gasteiger partial charge in [-0.15, -0.1) is 0 Å². The van der Waals surface area contributed by atoms with E-state index in [2.05, 4.69) is 12.2 Å². The highest BCUT2D eigenvalue weighted by molar-refractivity contribution is 5.95. The smallest absolute Gasteiger partial charge is 0.258 e. The second-order valence-corrected chi connectivity index (χ2v) is 8.72. The van der Waals surface area contributed by atoms with Crippen LogP contribution in [0.15, 0.2) is 24.3 Å². The molecule has 4 saturated carbocycles. The minimum Gasteiger partial charge on any atom is -0.483 e. The van der Waals surface area contributed by atoms with Crippen LogP contribution in [0.5, 0.6) is 5.75 Å². The Balaban J connectivity index is 1.36. The number of carbonyl (C=O) groups excluding carboxylic acids is 2. The quantitative estimate of drug-likeness (QED) is 0.822. The van der Waals surface area contributed by atoms with Crippen molar-refractivity contribution in [2.75, 3.05) is 6.61 Å². The molecule has 3 N–H and O–H groups in total. The number of nitrogens with one attached hydrogen (secondary N) is 1. The molecule has 4 aliphatic rings. The summed E-state index contributed by atoms with van der Waals surface area (Å²) in [4.78, 5) is 23.9. The van der Waals surface area contributed by atoms with Crippen molar-refractivity contribution < 1.29 is 14.3 Å². The standard InChI is InChI=1S/C21H28N2O3/c1-13(21-9-14-6-15(10-21)8-16(7-14)11-21)23-19(24)12-26-18-5-3-2-4-17(18)20(22)25/h2-5,13-16H,6-12H2,1H3,(H2,22,25)(H,23,24)/t13-,14?,15?,16?,21?/m0/s1. The number of amides is 2. The Morgan fingerprint density at radius 2 is 1.73 bits per heavy atom. The molecule has 1 aromatic rings. The van der Waals surface area contributed by atoms with Crippen molar-refractivity contribution in [1.82, 2.24) is 5.32 Å². The molecule has 4 fully saturated rings. The van der Waals surface area contributed by atoms with Gasteiger partial charge in [-0.2, -0.15) is 0 Å². The first-order valence-corrected chi connectivity index (χ1v) is 9.76. The number of hydrogen-bond acceptors (Lipinski definition) is 3. The van der Waals surface area contributed by atoms with E-state index in [1.165, 1.54) is 38.5 Å². The van der Waals surface area contributed by atoms with Crippen LogP contribution in [0.25, 0.3) is 0 Å². The van der Waals surface area contributed by atoms with Crippen molar-refractivity contribution >= 4 is 11.8 Å². The maximum Gasteiger partial charge on any atom is 0.258 e. The zero-order valence-electron chi connectivity index (χ0n) is 15.4. The zero-order chi connectivity index (χ0) is 18.3. The van der Waals surface area contributed by atoms with Crippen molar-refractivity contribution in [1.29, 1.82) is 0 Å². The van der Waals surface area contributed by atoms with Crippen molar-refractivity contribution in [3.8, 4) is 5.75 Å². The van der Waals surface area contributed by atoms with Crippen LogP contribution in [0, 0.1) is 23.2 Å². The maximum absolute atomic E-state index is 12.4. The molecule has 4 aliphatic carbocycles. The minimum atomic E-state index is -0.553. The van der Waals surface area contributed by atoms with E-state index in [4.69, 9.17) is 10.5 Å². The molecule has 26 heavy (non-hydrogen) atoms. The Hall–Kier alpha value is -2.04. The monoisotopic (exact) mass is 356 g/mol. The van der Waals surface area contributed by atoms with Crippen LogP contribution in [-0.2, 0) is 4.79 Å². The molecular formula is C21H28N2O3. The lowest BCUT2D eigenvalue weighted by Gasteiger charge is -2.59. The predicted molar refractivity (Wildman–Crippen MR) is 98.7 cm³/mol. The highest BCUT2D eigenvalue weighted by Crippen LogP contribution is 2.61. The third-order valence-corrected chi connectivity index (χ3v) is 6.89. The summed E-state index contributed by atoms with van der Waals surface area (Å²) in [7, 11) is 0. The van der Waals surface area contributed by atoms with Crippen molar-refractivity contribution in [2.45, 2.75) is 51.5 Å². The van der Waals surface area contributed by atoms with Gasteiger partial charge in [-0.25, -0.2) is 0 Å². The highest BCUT2D eigenvalue weighted by atomic mass is 16.5. The molecule has 0 aliphatic heterocycles. The third-order valence-electron chi connectivity index (χ3n) is 6.89. The molecule has 0 spiro atoms. The fourth-order valence-corrected chi connectivity index (χ4v) is 6.08. The SMILES string of the molecule is C[C@H](NC(=O)COc1ccccc1C(N)=O)C12CC3CC(CC(C3)C1)C2. The first-order chi connectivity index (χ1) is 12.4. The largest absolute Gasteiger partial charge is 0.483 e. The van der Waals surface area contributed by atoms with Crippen LogP contribution in [0.4, 0.5) is 0 Å². The number of primary amides is 1. The van der Waals surface area contributed by atoms with Gasteiger partial charge >= 0.3 is 0 Å². The van der Waals surface area contributed by atoms with E-state index in [-0.39, 0.29) is 24.0 Å². The van der Waals surface area contributed by atoms with Gasteiger partial charge < -0.3 is 15.8 Å². The van der Waals surface area contributed by atoms with Gasteiger partial charge in [0.05, 0.1) is 5.56 Å². The number of rotatable bonds is 6. The van der Waals surface area contributed by atoms with Gasteiger partial charge in [0.2, 0.25) is 0 Å². The number of ether oxygens (including phenoxy) is 1. The van der Waals surface area contributed by atoms with Crippen LogP contribution in [0.2, 0.25) is 0 Å². The summed E-state index contributed by atoms with van der Waals surface area (Å²) in [6.45, 7) is 2.06. The molecule has 0 radical (unpaired) electrons. The number of nitrogens with two attached hydrogens (primary N) is 1. The second-order valence-electron chi connectivity index (χ2n) is 8.72. The average Bonchev–Trinajstić information content (AvgIpc) is 2.59. The normalized spacial score (nSPS) is 32.9. The molecule has 1 atom stereocenters. The van der Waals surface area contributed by atoms with Crippen LogP contribution >= 0.6 is 0 Å². The van der Waals surface area contributed by atoms with E-state index in [1.54, 1.807) is 24.3 Å². The summed E-state index contributed by atoms with van der Waals surface area (Å²) in [6, 6.07) is 6.92. The lowest BCUT2D eigenvalue weighted by Crippen LogP contribution is -2.56. The Morgan fingerprint density at radius 3 is 2.31 bits per heavy atom. The minimum absolute atomic E-state index is 0.0962. The van der Waals surface area contributed by atoms with Crippen LogP contribution in [0.1, 0.15) is 55.8 Å². The molecule has 1 aromatic carbocycles. The van der Waals surface area contributed by atoms with Crippen molar-refractivity contribution in [3.63, 3.8) is 0 Å². The molecule has 0 heterocycles. The Kier molecular flexibility index (Phi) is 4.41. The van der Waals surface area contributed by atoms with Gasteiger partial charge in [-0.3, -0.25) is 9.59 Å². The molecule has 0 saturated heterocycles. The van der Waals surface area contributed by atoms with Crippen molar-refractivity contribution in [3.05, 3.63) is 29.8 Å². The maximum atomic E-state index is 12.4. The molecule has 5 heteroatoms. The van der Waals surface area contributed by atoms with E-state index in [0.29, 0.717) is 11.3 Å². The third kappa shape index (κ3) is 3.19. The molecular weight excluding hydrogens is 328 g/mol. The second kappa shape index (κ2) is 6.60. The van der Waals surface area contributed by atoms with Crippen LogP contribution in [0.3, 0.4) is 0 Å². The zero-order valence-corrected chi connectivity index (χ0v) is 15.4. The van der Waals surface area contributed by atoms with Gasteiger partial charge in [0.1, 0.15) is 5.75 Å². The fourth-order valence-electron chi connectivity index (χ4n) is 6.08. The van der Waals surface area contributed by atoms with E-state index >= 15 is 0 Å². The van der Waals surface area contributed by atoms with Gasteiger partial charge in [0.15, 0.2) is 6.61 Å². The summed E-state index contributed by atoms with van der Waals surface area (Å²) in [5.41, 5.74) is 5.93. The molecule has 4 bridgehead atoms. The Labute approximate surface area is 154 Å². The highest BCUT2D eigenvalue weighted by Gasteiger charge is 2.53. The number of benzene rings is 1. The lowest BCUT2D eigenvalue weighted by molar-refractivity contribution is -0.127. The van der Waals surface area contributed by atoms with Gasteiger partial charge in [-0.05, 0) is 80.8 Å². The number of hydrogen-bond donors (Lipinski definition) is 2. The van der Waals surface area contributed by atoms with E-state index in [1.807, 2.05) is 0 Å². The first-order valence-electron chi connectivity index (χ1n) is 9.76. The fraction of sp³-hybridized carbons (Fsp3) is 0.619. The van der Waals surface area contributed by atoms with Gasteiger partial charge in [-0.1, -0.05) is 12.1 Å². The first kappa shape index (κ1) is 17.4. The van der Waals surface area contributed by atoms with Gasteiger partial charge in [0, 0.05) is 6.04 Å². The van der Waals surface area contributed by atoms with E-state index in [9.17, 15) is 9.59 Å². The summed E-state index contributed by atoms with van der Waals surface area (Å²) in [5.74, 6) is 2.26. The summed E-state index contributed by atoms with van der Waals surface area (Å²) in [5, 5.41) is 3.18. The van der Waals surface area contributed by atoms with Crippen LogP contribution < -0.4 is 15.8 Å². The molecule has 0 aromatic heterocycles. The lowest BCUT2D eigenvalue weighted by atomic mass is 9.48. The summed E-state index contributed by atoms with van der Waals surface area (Å²) in [6.07, 6.45) is 7.95.